The van der Waals surface area contributed by atoms with Gasteiger partial charge in [0.1, 0.15) is 0 Å². The van der Waals surface area contributed by atoms with Crippen LogP contribution in [0.3, 0.4) is 0 Å². The highest BCUT2D eigenvalue weighted by molar-refractivity contribution is 5.91. The number of amides is 2. The van der Waals surface area contributed by atoms with Crippen LogP contribution in [0.2, 0.25) is 0 Å². The molecule has 1 saturated heterocycles. The molecule has 7 heteroatoms. The molecule has 1 aromatic carbocycles. The fraction of sp³-hybridized carbons (Fsp3) is 0.409. The highest BCUT2D eigenvalue weighted by atomic mass is 16.2. The van der Waals surface area contributed by atoms with E-state index < -0.39 is 0 Å². The van der Waals surface area contributed by atoms with Gasteiger partial charge in [0.05, 0.1) is 0 Å². The minimum absolute atomic E-state index is 0.0572. The van der Waals surface area contributed by atoms with Gasteiger partial charge in [0.15, 0.2) is 0 Å². The Kier molecular flexibility index (Phi) is 7.19. The second kappa shape index (κ2) is 10.0. The summed E-state index contributed by atoms with van der Waals surface area (Å²) < 4.78 is 0. The van der Waals surface area contributed by atoms with Crippen LogP contribution in [0.25, 0.3) is 0 Å². The van der Waals surface area contributed by atoms with Crippen LogP contribution in [0.15, 0.2) is 48.8 Å². The zero-order chi connectivity index (χ0) is 20.6. The number of benzene rings is 1. The molecule has 3 rings (SSSR count). The van der Waals surface area contributed by atoms with Crippen LogP contribution in [0.4, 0.5) is 11.4 Å². The van der Waals surface area contributed by atoms with Gasteiger partial charge in [-0.1, -0.05) is 6.07 Å². The number of aromatic nitrogens is 1. The van der Waals surface area contributed by atoms with Crippen molar-refractivity contribution in [3.8, 4) is 0 Å². The average molecular weight is 396 g/mol. The SMILES string of the molecule is CC(=O)N(CCC(=O)Nc1ccc(N2CCN(C)CC2)cc1)Cc1cccnc1. The standard InChI is InChI=1S/C22H29N5O2/c1-18(28)27(17-19-4-3-10-23-16-19)11-9-22(29)24-20-5-7-21(8-6-20)26-14-12-25(2)13-15-26/h3-8,10,16H,9,11-15,17H2,1-2H3,(H,24,29). The fourth-order valence-electron chi connectivity index (χ4n) is 3.34. The molecule has 154 valence electrons. The van der Waals surface area contributed by atoms with Crippen molar-refractivity contribution in [2.75, 3.05) is 50.0 Å². The van der Waals surface area contributed by atoms with E-state index in [4.69, 9.17) is 0 Å². The molecule has 0 unspecified atom stereocenters. The molecule has 0 saturated carbocycles. The lowest BCUT2D eigenvalue weighted by atomic mass is 10.2. The first-order valence-electron chi connectivity index (χ1n) is 9.99. The lowest BCUT2D eigenvalue weighted by molar-refractivity contribution is -0.129. The van der Waals surface area contributed by atoms with E-state index in [2.05, 4.69) is 27.1 Å². The Morgan fingerprint density at radius 3 is 2.45 bits per heavy atom. The lowest BCUT2D eigenvalue weighted by Gasteiger charge is -2.34. The molecule has 2 heterocycles. The van der Waals surface area contributed by atoms with Crippen molar-refractivity contribution in [3.05, 3.63) is 54.4 Å². The van der Waals surface area contributed by atoms with Crippen molar-refractivity contribution in [3.63, 3.8) is 0 Å². The van der Waals surface area contributed by atoms with Crippen LogP contribution < -0.4 is 10.2 Å². The van der Waals surface area contributed by atoms with Crippen molar-refractivity contribution in [2.24, 2.45) is 0 Å². The van der Waals surface area contributed by atoms with E-state index in [1.54, 1.807) is 17.3 Å². The summed E-state index contributed by atoms with van der Waals surface area (Å²) >= 11 is 0. The summed E-state index contributed by atoms with van der Waals surface area (Å²) in [5.74, 6) is -0.159. The molecule has 0 spiro atoms. The Labute approximate surface area is 172 Å². The topological polar surface area (TPSA) is 68.8 Å². The molecule has 0 bridgehead atoms. The number of piperazine rings is 1. The number of nitrogens with one attached hydrogen (secondary N) is 1. The Morgan fingerprint density at radius 2 is 1.83 bits per heavy atom. The summed E-state index contributed by atoms with van der Waals surface area (Å²) in [6, 6.07) is 11.7. The van der Waals surface area contributed by atoms with Gasteiger partial charge in [0.25, 0.3) is 0 Å². The van der Waals surface area contributed by atoms with Crippen LogP contribution in [0, 0.1) is 0 Å². The first-order valence-corrected chi connectivity index (χ1v) is 9.99. The number of carbonyl (C=O) groups is 2. The van der Waals surface area contributed by atoms with Crippen molar-refractivity contribution < 1.29 is 9.59 Å². The summed E-state index contributed by atoms with van der Waals surface area (Å²) in [6.45, 7) is 6.49. The van der Waals surface area contributed by atoms with Gasteiger partial charge in [-0.25, -0.2) is 0 Å². The number of hydrogen-bond acceptors (Lipinski definition) is 5. The number of anilines is 2. The molecule has 1 N–H and O–H groups in total. The molecule has 1 aromatic heterocycles. The second-order valence-corrected chi connectivity index (χ2v) is 7.44. The van der Waals surface area contributed by atoms with Gasteiger partial charge in [-0.3, -0.25) is 14.6 Å². The quantitative estimate of drug-likeness (QED) is 0.779. The highest BCUT2D eigenvalue weighted by Gasteiger charge is 2.15. The van der Waals surface area contributed by atoms with Gasteiger partial charge in [-0.05, 0) is 42.9 Å². The van der Waals surface area contributed by atoms with Gasteiger partial charge in [0.2, 0.25) is 11.8 Å². The van der Waals surface area contributed by atoms with Crippen molar-refractivity contribution >= 4 is 23.2 Å². The van der Waals surface area contributed by atoms with Crippen LogP contribution in [0.5, 0.6) is 0 Å². The second-order valence-electron chi connectivity index (χ2n) is 7.44. The molecule has 0 aliphatic carbocycles. The molecule has 1 aliphatic rings. The number of rotatable bonds is 7. The third kappa shape index (κ3) is 6.29. The summed E-state index contributed by atoms with van der Waals surface area (Å²) in [5, 5.41) is 2.92. The van der Waals surface area contributed by atoms with Gasteiger partial charge in [0, 0.05) is 76.4 Å². The van der Waals surface area contributed by atoms with Gasteiger partial charge < -0.3 is 20.0 Å². The van der Waals surface area contributed by atoms with Crippen LogP contribution in [-0.2, 0) is 16.1 Å². The minimum atomic E-state index is -0.102. The Bertz CT molecular complexity index is 802. The predicted octanol–water partition coefficient (Wildman–Crippen LogP) is 2.21. The summed E-state index contributed by atoms with van der Waals surface area (Å²) in [5.41, 5.74) is 2.90. The molecular weight excluding hydrogens is 366 g/mol. The number of likely N-dealkylation sites (N-methyl/N-ethyl adjacent to an activating group) is 1. The lowest BCUT2D eigenvalue weighted by Crippen LogP contribution is -2.44. The first kappa shape index (κ1) is 20.8. The number of pyridine rings is 1. The van der Waals surface area contributed by atoms with Gasteiger partial charge in [-0.2, -0.15) is 0 Å². The smallest absolute Gasteiger partial charge is 0.226 e. The van der Waals surface area contributed by atoms with Crippen molar-refractivity contribution in [1.29, 1.82) is 0 Å². The maximum atomic E-state index is 12.3. The number of carbonyl (C=O) groups excluding carboxylic acids is 2. The van der Waals surface area contributed by atoms with E-state index in [-0.39, 0.29) is 18.2 Å². The molecule has 0 atom stereocenters. The predicted molar refractivity (Wildman–Crippen MR) is 115 cm³/mol. The van der Waals surface area contributed by atoms with Crippen LogP contribution in [0.1, 0.15) is 18.9 Å². The summed E-state index contributed by atoms with van der Waals surface area (Å²) in [4.78, 5) is 34.6. The van der Waals surface area contributed by atoms with Crippen molar-refractivity contribution in [1.82, 2.24) is 14.8 Å². The molecule has 1 aliphatic heterocycles. The largest absolute Gasteiger partial charge is 0.369 e. The highest BCUT2D eigenvalue weighted by Crippen LogP contribution is 2.19. The zero-order valence-corrected chi connectivity index (χ0v) is 17.2. The number of hydrogen-bond donors (Lipinski definition) is 1. The minimum Gasteiger partial charge on any atom is -0.369 e. The third-order valence-electron chi connectivity index (χ3n) is 5.17. The molecule has 29 heavy (non-hydrogen) atoms. The maximum absolute atomic E-state index is 12.3. The average Bonchev–Trinajstić information content (AvgIpc) is 2.73. The van der Waals surface area contributed by atoms with Crippen LogP contribution >= 0.6 is 0 Å². The Balaban J connectivity index is 1.48. The van der Waals surface area contributed by atoms with Gasteiger partial charge >= 0.3 is 0 Å². The number of nitrogens with zero attached hydrogens (tertiary/aromatic N) is 4. The molecule has 1 fully saturated rings. The molecule has 2 amide bonds. The van der Waals surface area contributed by atoms with Crippen molar-refractivity contribution in [2.45, 2.75) is 19.9 Å². The maximum Gasteiger partial charge on any atom is 0.226 e. The third-order valence-corrected chi connectivity index (χ3v) is 5.17. The van der Waals surface area contributed by atoms with Gasteiger partial charge in [-0.15, -0.1) is 0 Å². The van der Waals surface area contributed by atoms with E-state index in [9.17, 15) is 9.59 Å². The van der Waals surface area contributed by atoms with E-state index in [1.165, 1.54) is 12.6 Å². The fourth-order valence-corrected chi connectivity index (χ4v) is 3.34. The normalized spacial score (nSPS) is 14.5. The summed E-state index contributed by atoms with van der Waals surface area (Å²) in [6.07, 6.45) is 3.68. The molecule has 7 nitrogen and oxygen atoms in total. The molecule has 0 radical (unpaired) electrons. The Hall–Kier alpha value is -2.93. The monoisotopic (exact) mass is 395 g/mol. The van der Waals surface area contributed by atoms with E-state index in [0.717, 1.165) is 37.4 Å². The molecule has 2 aromatic rings. The van der Waals surface area contributed by atoms with E-state index >= 15 is 0 Å². The molecular formula is C22H29N5O2. The van der Waals surface area contributed by atoms with E-state index in [0.29, 0.717) is 13.1 Å². The Morgan fingerprint density at radius 1 is 1.10 bits per heavy atom. The zero-order valence-electron chi connectivity index (χ0n) is 17.2. The van der Waals surface area contributed by atoms with Crippen LogP contribution in [-0.4, -0.2) is 66.4 Å². The first-order chi connectivity index (χ1) is 14.0. The van der Waals surface area contributed by atoms with E-state index in [1.807, 2.05) is 36.4 Å². The summed E-state index contributed by atoms with van der Waals surface area (Å²) in [7, 11) is 2.14.